The number of hydrogen-bond acceptors (Lipinski definition) is 3. The van der Waals surface area contributed by atoms with E-state index in [0.29, 0.717) is 11.7 Å². The summed E-state index contributed by atoms with van der Waals surface area (Å²) >= 11 is 0. The van der Waals surface area contributed by atoms with Gasteiger partial charge >= 0.3 is 0 Å². The largest absolute Gasteiger partial charge is 0.508 e. The van der Waals surface area contributed by atoms with Crippen molar-refractivity contribution in [1.82, 2.24) is 10.3 Å². The molecule has 2 aromatic carbocycles. The van der Waals surface area contributed by atoms with Crippen LogP contribution < -0.4 is 5.32 Å². The van der Waals surface area contributed by atoms with Gasteiger partial charge in [0.2, 0.25) is 0 Å². The molecule has 1 unspecified atom stereocenters. The van der Waals surface area contributed by atoms with Crippen molar-refractivity contribution in [3.8, 4) is 5.75 Å². The molecule has 1 aromatic heterocycles. The van der Waals surface area contributed by atoms with Crippen LogP contribution in [0.3, 0.4) is 0 Å². The number of rotatable bonds is 1. The zero-order valence-corrected chi connectivity index (χ0v) is 14.2. The molecule has 2 aliphatic rings. The molecule has 25 heavy (non-hydrogen) atoms. The van der Waals surface area contributed by atoms with Gasteiger partial charge in [0.1, 0.15) is 5.75 Å². The van der Waals surface area contributed by atoms with Crippen LogP contribution in [0.1, 0.15) is 23.2 Å². The highest BCUT2D eigenvalue weighted by Gasteiger charge is 2.46. The summed E-state index contributed by atoms with van der Waals surface area (Å²) in [5, 5.41) is 14.8. The molecular weight excluding hydrogens is 308 g/mol. The predicted molar refractivity (Wildman–Crippen MR) is 99.9 cm³/mol. The summed E-state index contributed by atoms with van der Waals surface area (Å²) in [6.07, 6.45) is 3.11. The van der Waals surface area contributed by atoms with Gasteiger partial charge in [0, 0.05) is 22.9 Å². The van der Waals surface area contributed by atoms with Gasteiger partial charge in [0.25, 0.3) is 0 Å². The molecule has 2 N–H and O–H groups in total. The molecule has 2 atom stereocenters. The first kappa shape index (κ1) is 14.9. The van der Waals surface area contributed by atoms with Gasteiger partial charge in [-0.25, -0.2) is 0 Å². The second-order valence-electron chi connectivity index (χ2n) is 7.53. The topological polar surface area (TPSA) is 45.1 Å². The lowest BCUT2D eigenvalue weighted by Crippen LogP contribution is -2.52. The molecule has 0 amide bonds. The van der Waals surface area contributed by atoms with Crippen LogP contribution in [0, 0.1) is 5.92 Å². The van der Waals surface area contributed by atoms with Crippen LogP contribution in [0.25, 0.3) is 10.9 Å². The van der Waals surface area contributed by atoms with E-state index in [4.69, 9.17) is 4.98 Å². The minimum Gasteiger partial charge on any atom is -0.508 e. The fourth-order valence-corrected chi connectivity index (χ4v) is 4.88. The Balaban J connectivity index is 1.67. The second-order valence-corrected chi connectivity index (χ2v) is 7.53. The Morgan fingerprint density at radius 2 is 2.00 bits per heavy atom. The van der Waals surface area contributed by atoms with Crippen LogP contribution in [0.4, 0.5) is 0 Å². The molecule has 3 aromatic rings. The van der Waals surface area contributed by atoms with Crippen LogP contribution in [0.2, 0.25) is 0 Å². The summed E-state index contributed by atoms with van der Waals surface area (Å²) in [5.74, 6) is 0.903. The van der Waals surface area contributed by atoms with E-state index in [1.165, 1.54) is 22.2 Å². The lowest BCUT2D eigenvalue weighted by Gasteiger charge is -2.48. The molecule has 1 saturated heterocycles. The van der Waals surface area contributed by atoms with Gasteiger partial charge in [-0.3, -0.25) is 4.98 Å². The Kier molecular flexibility index (Phi) is 3.32. The van der Waals surface area contributed by atoms with Gasteiger partial charge in [-0.15, -0.1) is 0 Å². The molecule has 2 heterocycles. The van der Waals surface area contributed by atoms with Crippen molar-refractivity contribution >= 4 is 10.9 Å². The molecular formula is C22H22N2O. The van der Waals surface area contributed by atoms with Gasteiger partial charge in [0.15, 0.2) is 0 Å². The number of aromatic nitrogens is 1. The zero-order chi connectivity index (χ0) is 16.9. The Hall–Kier alpha value is -2.39. The van der Waals surface area contributed by atoms with Crippen LogP contribution >= 0.6 is 0 Å². The molecule has 5 rings (SSSR count). The number of pyridine rings is 1. The molecule has 1 aliphatic carbocycles. The highest BCUT2D eigenvalue weighted by molar-refractivity contribution is 5.79. The highest BCUT2D eigenvalue weighted by Crippen LogP contribution is 2.46. The molecule has 3 heteroatoms. The van der Waals surface area contributed by atoms with Crippen LogP contribution in [-0.2, 0) is 18.3 Å². The van der Waals surface area contributed by atoms with E-state index in [1.807, 2.05) is 12.1 Å². The van der Waals surface area contributed by atoms with Crippen LogP contribution in [-0.4, -0.2) is 23.2 Å². The number of nitrogens with one attached hydrogen (secondary N) is 1. The fraction of sp³-hybridized carbons (Fsp3) is 0.318. The molecule has 0 bridgehead atoms. The van der Waals surface area contributed by atoms with Gasteiger partial charge in [-0.1, -0.05) is 30.3 Å². The van der Waals surface area contributed by atoms with E-state index < -0.39 is 0 Å². The number of aromatic hydroxyl groups is 1. The third-order valence-corrected chi connectivity index (χ3v) is 6.18. The summed E-state index contributed by atoms with van der Waals surface area (Å²) < 4.78 is 0. The average Bonchev–Trinajstić information content (AvgIpc) is 2.64. The number of phenols is 1. The van der Waals surface area contributed by atoms with Gasteiger partial charge in [-0.2, -0.15) is 0 Å². The van der Waals surface area contributed by atoms with E-state index in [-0.39, 0.29) is 5.41 Å². The van der Waals surface area contributed by atoms with E-state index in [9.17, 15) is 5.11 Å². The Morgan fingerprint density at radius 1 is 1.08 bits per heavy atom. The zero-order valence-electron chi connectivity index (χ0n) is 14.2. The van der Waals surface area contributed by atoms with Crippen molar-refractivity contribution in [1.29, 1.82) is 0 Å². The minimum atomic E-state index is 0.0758. The summed E-state index contributed by atoms with van der Waals surface area (Å²) in [7, 11) is 0. The molecule has 0 saturated carbocycles. The number of fused-ring (bicyclic) bond motifs is 3. The monoisotopic (exact) mass is 330 g/mol. The molecule has 126 valence electrons. The maximum atomic E-state index is 10.0. The first-order valence-corrected chi connectivity index (χ1v) is 9.12. The number of phenolic OH excluding ortho intramolecular Hbond substituents is 1. The smallest absolute Gasteiger partial charge is 0.115 e. The number of para-hydroxylation sites is 1. The fourth-order valence-electron chi connectivity index (χ4n) is 4.88. The maximum Gasteiger partial charge on any atom is 0.115 e. The number of benzene rings is 2. The van der Waals surface area contributed by atoms with Gasteiger partial charge in [0.05, 0.1) is 5.52 Å². The second kappa shape index (κ2) is 5.57. The number of hydrogen-bond donors (Lipinski definition) is 2. The lowest BCUT2D eigenvalue weighted by atomic mass is 9.59. The normalized spacial score (nSPS) is 25.4. The Bertz CT molecular complexity index is 952. The van der Waals surface area contributed by atoms with Crippen molar-refractivity contribution in [2.45, 2.75) is 24.7 Å². The van der Waals surface area contributed by atoms with Crippen molar-refractivity contribution in [3.63, 3.8) is 0 Å². The van der Waals surface area contributed by atoms with Gasteiger partial charge in [-0.05, 0) is 67.2 Å². The molecule has 1 fully saturated rings. The van der Waals surface area contributed by atoms with Crippen molar-refractivity contribution in [2.75, 3.05) is 13.1 Å². The maximum absolute atomic E-state index is 10.0. The molecule has 0 spiro atoms. The Labute approximate surface area is 147 Å². The van der Waals surface area contributed by atoms with E-state index in [2.05, 4.69) is 41.7 Å². The highest BCUT2D eigenvalue weighted by atomic mass is 16.3. The minimum absolute atomic E-state index is 0.0758. The molecule has 3 nitrogen and oxygen atoms in total. The quantitative estimate of drug-likeness (QED) is 0.717. The first-order chi connectivity index (χ1) is 12.2. The molecule has 1 aliphatic heterocycles. The standard InChI is InChI=1S/C22H22N2O/c25-19-6-3-5-17(12-19)22-8-9-23-14-18(22)11-16-10-15-4-1-2-7-20(15)24-21(16)13-22/h1-7,10,12,18,23,25H,8-9,11,13-14H2/t18-,22?/m1/s1. The predicted octanol–water partition coefficient (Wildman–Crippen LogP) is 3.59. The van der Waals surface area contributed by atoms with Crippen LogP contribution in [0.5, 0.6) is 5.75 Å². The summed E-state index contributed by atoms with van der Waals surface area (Å²) in [6.45, 7) is 2.05. The van der Waals surface area contributed by atoms with Crippen molar-refractivity contribution in [3.05, 3.63) is 71.4 Å². The summed E-state index contributed by atoms with van der Waals surface area (Å²) in [4.78, 5) is 5.02. The van der Waals surface area contributed by atoms with E-state index in [0.717, 1.165) is 37.9 Å². The van der Waals surface area contributed by atoms with Crippen LogP contribution in [0.15, 0.2) is 54.6 Å². The first-order valence-electron chi connectivity index (χ1n) is 9.12. The van der Waals surface area contributed by atoms with Gasteiger partial charge < -0.3 is 10.4 Å². The number of piperidine rings is 1. The van der Waals surface area contributed by atoms with E-state index >= 15 is 0 Å². The Morgan fingerprint density at radius 3 is 2.92 bits per heavy atom. The SMILES string of the molecule is Oc1cccc(C23CCNC[C@H]2Cc2cc4ccccc4nc2C3)c1. The molecule has 0 radical (unpaired) electrons. The van der Waals surface area contributed by atoms with E-state index in [1.54, 1.807) is 6.07 Å². The summed E-state index contributed by atoms with van der Waals surface area (Å²) in [6, 6.07) is 18.6. The van der Waals surface area contributed by atoms with Crippen molar-refractivity contribution in [2.24, 2.45) is 5.92 Å². The average molecular weight is 330 g/mol. The van der Waals surface area contributed by atoms with Crippen molar-refractivity contribution < 1.29 is 5.11 Å². The third-order valence-electron chi connectivity index (χ3n) is 6.18. The lowest BCUT2D eigenvalue weighted by molar-refractivity contribution is 0.181. The summed E-state index contributed by atoms with van der Waals surface area (Å²) in [5.41, 5.74) is 5.05. The third kappa shape index (κ3) is 2.34. The number of nitrogens with zero attached hydrogens (tertiary/aromatic N) is 1.